The Kier molecular flexibility index (Phi) is 2.79. The molecule has 0 aliphatic heterocycles. The zero-order valence-corrected chi connectivity index (χ0v) is 11.4. The Balaban J connectivity index is 2.28. The van der Waals surface area contributed by atoms with Gasteiger partial charge in [0.1, 0.15) is 0 Å². The molecule has 1 aromatic heterocycles. The first kappa shape index (κ1) is 12.5. The standard InChI is InChI=1S/C14H23N3/c1-9-6-7-10(8-16-9)11(17-15)12-13(2,3)14(12,4)5/h6-8,11-12,17H,15H2,1-5H3. The monoisotopic (exact) mass is 233 g/mol. The van der Waals surface area contributed by atoms with E-state index in [4.69, 9.17) is 5.84 Å². The molecule has 1 fully saturated rings. The number of nitrogens with zero attached hydrogens (tertiary/aromatic N) is 1. The van der Waals surface area contributed by atoms with Crippen molar-refractivity contribution in [2.45, 2.75) is 40.7 Å². The van der Waals surface area contributed by atoms with Gasteiger partial charge in [-0.3, -0.25) is 16.3 Å². The first-order chi connectivity index (χ1) is 7.82. The Hall–Kier alpha value is -0.930. The van der Waals surface area contributed by atoms with E-state index >= 15 is 0 Å². The van der Waals surface area contributed by atoms with Gasteiger partial charge >= 0.3 is 0 Å². The van der Waals surface area contributed by atoms with Gasteiger partial charge in [0.05, 0.1) is 6.04 Å². The predicted octanol–water partition coefficient (Wildman–Crippen LogP) is 2.58. The molecule has 17 heavy (non-hydrogen) atoms. The molecule has 3 nitrogen and oxygen atoms in total. The minimum absolute atomic E-state index is 0.188. The zero-order chi connectivity index (χ0) is 12.8. The van der Waals surface area contributed by atoms with E-state index in [0.29, 0.717) is 16.7 Å². The predicted molar refractivity (Wildman–Crippen MR) is 70.1 cm³/mol. The summed E-state index contributed by atoms with van der Waals surface area (Å²) < 4.78 is 0. The van der Waals surface area contributed by atoms with Crippen LogP contribution in [0.5, 0.6) is 0 Å². The molecule has 2 rings (SSSR count). The van der Waals surface area contributed by atoms with Crippen LogP contribution in [-0.4, -0.2) is 4.98 Å². The Labute approximate surface area is 104 Å². The number of rotatable bonds is 3. The molecule has 1 unspecified atom stereocenters. The number of hydrogen-bond donors (Lipinski definition) is 2. The smallest absolute Gasteiger partial charge is 0.0513 e. The van der Waals surface area contributed by atoms with Crippen LogP contribution in [0.3, 0.4) is 0 Å². The van der Waals surface area contributed by atoms with Crippen LogP contribution in [0.25, 0.3) is 0 Å². The van der Waals surface area contributed by atoms with Gasteiger partial charge in [0.2, 0.25) is 0 Å². The number of nitrogens with one attached hydrogen (secondary N) is 1. The first-order valence-electron chi connectivity index (χ1n) is 6.21. The van der Waals surface area contributed by atoms with E-state index in [9.17, 15) is 0 Å². The van der Waals surface area contributed by atoms with Crippen LogP contribution in [0.1, 0.15) is 45.0 Å². The second kappa shape index (κ2) is 3.79. The number of pyridine rings is 1. The van der Waals surface area contributed by atoms with E-state index < -0.39 is 0 Å². The molecular weight excluding hydrogens is 210 g/mol. The van der Waals surface area contributed by atoms with Gasteiger partial charge in [0, 0.05) is 11.9 Å². The third kappa shape index (κ3) is 1.78. The highest BCUT2D eigenvalue weighted by molar-refractivity contribution is 5.26. The molecule has 0 radical (unpaired) electrons. The SMILES string of the molecule is Cc1ccc(C(NN)C2C(C)(C)C2(C)C)cn1. The number of hydrazine groups is 1. The normalized spacial score (nSPS) is 23.4. The highest BCUT2D eigenvalue weighted by Gasteiger charge is 2.67. The summed E-state index contributed by atoms with van der Waals surface area (Å²) in [6, 6.07) is 4.35. The maximum atomic E-state index is 5.75. The minimum atomic E-state index is 0.188. The molecular formula is C14H23N3. The fourth-order valence-corrected chi connectivity index (χ4v) is 3.13. The first-order valence-corrected chi connectivity index (χ1v) is 6.21. The molecule has 1 atom stereocenters. The molecule has 1 aliphatic carbocycles. The summed E-state index contributed by atoms with van der Waals surface area (Å²) in [5.41, 5.74) is 5.82. The molecule has 1 aromatic rings. The molecule has 0 amide bonds. The third-order valence-electron chi connectivity index (χ3n) is 4.94. The second-order valence-corrected chi connectivity index (χ2v) is 6.30. The average Bonchev–Trinajstić information content (AvgIpc) is 2.65. The summed E-state index contributed by atoms with van der Waals surface area (Å²) in [5.74, 6) is 6.29. The van der Waals surface area contributed by atoms with Gasteiger partial charge in [-0.2, -0.15) is 0 Å². The van der Waals surface area contributed by atoms with E-state index in [1.807, 2.05) is 19.2 Å². The molecule has 94 valence electrons. The average molecular weight is 233 g/mol. The van der Waals surface area contributed by atoms with Crippen molar-refractivity contribution in [1.82, 2.24) is 10.4 Å². The van der Waals surface area contributed by atoms with Gasteiger partial charge in [0.25, 0.3) is 0 Å². The van der Waals surface area contributed by atoms with Crippen molar-refractivity contribution < 1.29 is 0 Å². The van der Waals surface area contributed by atoms with Crippen LogP contribution >= 0.6 is 0 Å². The Bertz CT molecular complexity index is 392. The van der Waals surface area contributed by atoms with Crippen molar-refractivity contribution in [2.75, 3.05) is 0 Å². The highest BCUT2D eigenvalue weighted by atomic mass is 15.2. The van der Waals surface area contributed by atoms with Crippen LogP contribution in [0.15, 0.2) is 18.3 Å². The lowest BCUT2D eigenvalue weighted by Gasteiger charge is -2.18. The molecule has 0 bridgehead atoms. The Morgan fingerprint density at radius 1 is 1.24 bits per heavy atom. The van der Waals surface area contributed by atoms with Crippen molar-refractivity contribution in [3.8, 4) is 0 Å². The van der Waals surface area contributed by atoms with Crippen LogP contribution in [-0.2, 0) is 0 Å². The number of aromatic nitrogens is 1. The van der Waals surface area contributed by atoms with E-state index in [1.54, 1.807) is 0 Å². The largest absolute Gasteiger partial charge is 0.271 e. The van der Waals surface area contributed by atoms with Crippen LogP contribution in [0.2, 0.25) is 0 Å². The summed E-state index contributed by atoms with van der Waals surface area (Å²) in [5, 5.41) is 0. The van der Waals surface area contributed by atoms with Gasteiger partial charge in [-0.05, 0) is 35.3 Å². The van der Waals surface area contributed by atoms with E-state index in [2.05, 4.69) is 44.2 Å². The fraction of sp³-hybridized carbons (Fsp3) is 0.643. The topological polar surface area (TPSA) is 50.9 Å². The van der Waals surface area contributed by atoms with Crippen LogP contribution < -0.4 is 11.3 Å². The van der Waals surface area contributed by atoms with Crippen molar-refractivity contribution in [2.24, 2.45) is 22.6 Å². The third-order valence-corrected chi connectivity index (χ3v) is 4.94. The minimum Gasteiger partial charge on any atom is -0.271 e. The number of hydrogen-bond acceptors (Lipinski definition) is 3. The number of aryl methyl sites for hydroxylation is 1. The second-order valence-electron chi connectivity index (χ2n) is 6.30. The summed E-state index contributed by atoms with van der Waals surface area (Å²) >= 11 is 0. The summed E-state index contributed by atoms with van der Waals surface area (Å²) in [7, 11) is 0. The Morgan fingerprint density at radius 2 is 1.82 bits per heavy atom. The quantitative estimate of drug-likeness (QED) is 0.623. The van der Waals surface area contributed by atoms with Gasteiger partial charge in [-0.15, -0.1) is 0 Å². The van der Waals surface area contributed by atoms with Gasteiger partial charge < -0.3 is 0 Å². The van der Waals surface area contributed by atoms with Gasteiger partial charge in [0.15, 0.2) is 0 Å². The molecule has 3 N–H and O–H groups in total. The molecule has 1 saturated carbocycles. The highest BCUT2D eigenvalue weighted by Crippen LogP contribution is 2.72. The fourth-order valence-electron chi connectivity index (χ4n) is 3.13. The summed E-state index contributed by atoms with van der Waals surface area (Å²) in [6.45, 7) is 11.2. The van der Waals surface area contributed by atoms with Gasteiger partial charge in [-0.25, -0.2) is 0 Å². The molecule has 0 aromatic carbocycles. The molecule has 0 saturated heterocycles. The lowest BCUT2D eigenvalue weighted by atomic mass is 9.98. The van der Waals surface area contributed by atoms with Gasteiger partial charge in [-0.1, -0.05) is 33.8 Å². The molecule has 3 heteroatoms. The molecule has 0 spiro atoms. The zero-order valence-electron chi connectivity index (χ0n) is 11.4. The lowest BCUT2D eigenvalue weighted by molar-refractivity contribution is 0.416. The molecule has 1 aliphatic rings. The van der Waals surface area contributed by atoms with E-state index in [0.717, 1.165) is 5.69 Å². The van der Waals surface area contributed by atoms with Crippen molar-refractivity contribution in [3.63, 3.8) is 0 Å². The van der Waals surface area contributed by atoms with Crippen molar-refractivity contribution >= 4 is 0 Å². The van der Waals surface area contributed by atoms with E-state index in [1.165, 1.54) is 5.56 Å². The van der Waals surface area contributed by atoms with E-state index in [-0.39, 0.29) is 6.04 Å². The lowest BCUT2D eigenvalue weighted by Crippen LogP contribution is -2.31. The maximum Gasteiger partial charge on any atom is 0.0513 e. The summed E-state index contributed by atoms with van der Waals surface area (Å²) in [4.78, 5) is 4.36. The maximum absolute atomic E-state index is 5.75. The number of nitrogens with two attached hydrogens (primary N) is 1. The molecule has 1 heterocycles. The Morgan fingerprint density at radius 3 is 2.18 bits per heavy atom. The van der Waals surface area contributed by atoms with Crippen LogP contribution in [0.4, 0.5) is 0 Å². The van der Waals surface area contributed by atoms with Crippen LogP contribution in [0, 0.1) is 23.7 Å². The van der Waals surface area contributed by atoms with Crippen molar-refractivity contribution in [1.29, 1.82) is 0 Å². The summed E-state index contributed by atoms with van der Waals surface area (Å²) in [6.07, 6.45) is 1.93. The van der Waals surface area contributed by atoms with Crippen molar-refractivity contribution in [3.05, 3.63) is 29.6 Å².